The number of carbonyl (C=O) groups excluding carboxylic acids is 2. The van der Waals surface area contributed by atoms with Crippen molar-refractivity contribution < 1.29 is 19.8 Å². The van der Waals surface area contributed by atoms with E-state index >= 15 is 0 Å². The standard InChI is InChI=1S/C30H48O4/c1-26(2)13-14-30(24(34)17-31)12-7-18-25(19(30)16-26)20(32)15-22-28(18,5)10-8-21-27(3,4)23(33)9-11-29(21,22)6/h17-23,25,32-33H,7-16H2,1-6H3/t18?,19?,20-,21+,22+,23+,25?,28+,29+,30-/m1/s1. The Morgan fingerprint density at radius 1 is 0.794 bits per heavy atom. The highest BCUT2D eigenvalue weighted by molar-refractivity contribution is 6.27. The Hall–Kier alpha value is -0.740. The van der Waals surface area contributed by atoms with Crippen LogP contribution in [0.2, 0.25) is 0 Å². The SMILES string of the molecule is CC1(C)CC[C@]2(C(=O)C=O)CCC3C(C2C1)[C@H](O)C[C@@H]1[C@@]2(C)CC[C@H](O)C(C)(C)[C@@H]2CC[C@@]31C. The van der Waals surface area contributed by atoms with Gasteiger partial charge in [-0.25, -0.2) is 0 Å². The molecule has 4 heteroatoms. The average Bonchev–Trinajstić information content (AvgIpc) is 2.76. The molecule has 0 aromatic carbocycles. The van der Waals surface area contributed by atoms with Crippen molar-refractivity contribution in [3.05, 3.63) is 0 Å². The van der Waals surface area contributed by atoms with Crippen molar-refractivity contribution in [2.45, 2.75) is 118 Å². The minimum Gasteiger partial charge on any atom is -0.393 e. The first-order valence-electron chi connectivity index (χ1n) is 14.1. The summed E-state index contributed by atoms with van der Waals surface area (Å²) in [5.74, 6) is 1.33. The van der Waals surface area contributed by atoms with E-state index in [1.165, 1.54) is 0 Å². The van der Waals surface area contributed by atoms with Crippen LogP contribution >= 0.6 is 0 Å². The first kappa shape index (κ1) is 24.9. The maximum absolute atomic E-state index is 13.1. The lowest BCUT2D eigenvalue weighted by atomic mass is 9.34. The Morgan fingerprint density at radius 2 is 1.47 bits per heavy atom. The molecule has 0 bridgehead atoms. The summed E-state index contributed by atoms with van der Waals surface area (Å²) in [4.78, 5) is 24.9. The molecule has 0 radical (unpaired) electrons. The van der Waals surface area contributed by atoms with E-state index in [1.54, 1.807) is 0 Å². The molecular formula is C30H48O4. The minimum absolute atomic E-state index is 0.0956. The molecule has 5 aliphatic rings. The fraction of sp³-hybridized carbons (Fsp3) is 0.933. The van der Waals surface area contributed by atoms with E-state index in [9.17, 15) is 19.8 Å². The zero-order chi connectivity index (χ0) is 24.9. The number of aliphatic hydroxyl groups excluding tert-OH is 2. The lowest BCUT2D eigenvalue weighted by Crippen LogP contribution is -2.67. The number of ketones is 1. The average molecular weight is 473 g/mol. The molecule has 0 saturated heterocycles. The molecule has 192 valence electrons. The van der Waals surface area contributed by atoms with Gasteiger partial charge in [-0.1, -0.05) is 41.5 Å². The highest BCUT2D eigenvalue weighted by Crippen LogP contribution is 2.73. The van der Waals surface area contributed by atoms with Crippen molar-refractivity contribution in [3.63, 3.8) is 0 Å². The fourth-order valence-corrected chi connectivity index (χ4v) is 11.2. The van der Waals surface area contributed by atoms with E-state index in [4.69, 9.17) is 0 Å². The Kier molecular flexibility index (Phi) is 5.60. The van der Waals surface area contributed by atoms with E-state index in [0.717, 1.165) is 64.2 Å². The van der Waals surface area contributed by atoms with Gasteiger partial charge in [0.1, 0.15) is 0 Å². The van der Waals surface area contributed by atoms with E-state index < -0.39 is 11.5 Å². The number of rotatable bonds is 2. The lowest BCUT2D eigenvalue weighted by Gasteiger charge is -2.70. The first-order chi connectivity index (χ1) is 15.7. The third kappa shape index (κ3) is 3.15. The van der Waals surface area contributed by atoms with Crippen LogP contribution in [0, 0.1) is 56.7 Å². The maximum Gasteiger partial charge on any atom is 0.201 e. The van der Waals surface area contributed by atoms with Crippen LogP contribution in [-0.2, 0) is 9.59 Å². The van der Waals surface area contributed by atoms with Gasteiger partial charge in [-0.05, 0) is 115 Å². The second-order valence-corrected chi connectivity index (χ2v) is 15.2. The molecule has 0 spiro atoms. The Balaban J connectivity index is 1.54. The fourth-order valence-electron chi connectivity index (χ4n) is 11.2. The second kappa shape index (κ2) is 7.63. The number of Topliss-reactive ketones (excluding diaryl/α,β-unsaturated/α-hetero) is 1. The molecule has 34 heavy (non-hydrogen) atoms. The molecule has 0 amide bonds. The predicted molar refractivity (Wildman–Crippen MR) is 133 cm³/mol. The smallest absolute Gasteiger partial charge is 0.201 e. The third-order valence-corrected chi connectivity index (χ3v) is 13.0. The molecule has 0 heterocycles. The molecule has 2 N–H and O–H groups in total. The second-order valence-electron chi connectivity index (χ2n) is 15.2. The highest BCUT2D eigenvalue weighted by Gasteiger charge is 2.68. The summed E-state index contributed by atoms with van der Waals surface area (Å²) in [6.07, 6.45) is 9.39. The monoisotopic (exact) mass is 472 g/mol. The van der Waals surface area contributed by atoms with Gasteiger partial charge in [0.2, 0.25) is 5.78 Å². The largest absolute Gasteiger partial charge is 0.393 e. The van der Waals surface area contributed by atoms with Crippen LogP contribution in [0.3, 0.4) is 0 Å². The molecule has 4 nitrogen and oxygen atoms in total. The van der Waals surface area contributed by atoms with Crippen molar-refractivity contribution in [2.75, 3.05) is 0 Å². The summed E-state index contributed by atoms with van der Waals surface area (Å²) in [6.45, 7) is 14.1. The lowest BCUT2D eigenvalue weighted by molar-refractivity contribution is -0.243. The van der Waals surface area contributed by atoms with Crippen LogP contribution in [0.25, 0.3) is 0 Å². The van der Waals surface area contributed by atoms with Gasteiger partial charge in [0, 0.05) is 5.41 Å². The zero-order valence-electron chi connectivity index (χ0n) is 22.4. The molecule has 0 aromatic heterocycles. The number of hydrogen-bond donors (Lipinski definition) is 2. The molecule has 0 aromatic rings. The van der Waals surface area contributed by atoms with Gasteiger partial charge < -0.3 is 10.2 Å². The van der Waals surface area contributed by atoms with Crippen molar-refractivity contribution in [1.29, 1.82) is 0 Å². The molecule has 5 rings (SSSR count). The number of fused-ring (bicyclic) bond motifs is 7. The first-order valence-corrected chi connectivity index (χ1v) is 14.1. The van der Waals surface area contributed by atoms with Crippen molar-refractivity contribution >= 4 is 12.1 Å². The molecule has 10 atom stereocenters. The maximum atomic E-state index is 13.1. The molecule has 5 fully saturated rings. The molecule has 5 aliphatic carbocycles. The van der Waals surface area contributed by atoms with Gasteiger partial charge in [0.25, 0.3) is 0 Å². The Labute approximate surface area is 206 Å². The Morgan fingerprint density at radius 3 is 2.15 bits per heavy atom. The van der Waals surface area contributed by atoms with Crippen molar-refractivity contribution in [2.24, 2.45) is 56.7 Å². The van der Waals surface area contributed by atoms with Gasteiger partial charge in [0.05, 0.1) is 12.2 Å². The number of aliphatic hydroxyl groups is 2. The molecule has 0 aliphatic heterocycles. The quantitative estimate of drug-likeness (QED) is 0.406. The van der Waals surface area contributed by atoms with Gasteiger partial charge in [-0.3, -0.25) is 9.59 Å². The molecular weight excluding hydrogens is 424 g/mol. The van der Waals surface area contributed by atoms with Crippen LogP contribution in [0.4, 0.5) is 0 Å². The van der Waals surface area contributed by atoms with Crippen LogP contribution in [-0.4, -0.2) is 34.5 Å². The van der Waals surface area contributed by atoms with Crippen LogP contribution < -0.4 is 0 Å². The van der Waals surface area contributed by atoms with E-state index in [0.29, 0.717) is 24.0 Å². The van der Waals surface area contributed by atoms with Crippen LogP contribution in [0.15, 0.2) is 0 Å². The number of hydrogen-bond acceptors (Lipinski definition) is 4. The summed E-state index contributed by atoms with van der Waals surface area (Å²) in [5.41, 5.74) is -0.238. The number of carbonyl (C=O) groups is 2. The predicted octanol–water partition coefficient (Wildman–Crippen LogP) is 5.58. The molecule has 5 saturated carbocycles. The Bertz CT molecular complexity index is 862. The zero-order valence-corrected chi connectivity index (χ0v) is 22.4. The molecule has 3 unspecified atom stereocenters. The van der Waals surface area contributed by atoms with Gasteiger partial charge in [0.15, 0.2) is 6.29 Å². The van der Waals surface area contributed by atoms with E-state index in [1.807, 2.05) is 0 Å². The third-order valence-electron chi connectivity index (χ3n) is 13.0. The van der Waals surface area contributed by atoms with Crippen LogP contribution in [0.1, 0.15) is 106 Å². The van der Waals surface area contributed by atoms with Gasteiger partial charge in [-0.15, -0.1) is 0 Å². The van der Waals surface area contributed by atoms with Crippen molar-refractivity contribution in [1.82, 2.24) is 0 Å². The van der Waals surface area contributed by atoms with Crippen LogP contribution in [0.5, 0.6) is 0 Å². The minimum atomic E-state index is -0.555. The van der Waals surface area contributed by atoms with Crippen molar-refractivity contribution in [3.8, 4) is 0 Å². The number of aldehydes is 1. The highest BCUT2D eigenvalue weighted by atomic mass is 16.3. The summed E-state index contributed by atoms with van der Waals surface area (Å²) in [5, 5.41) is 22.7. The summed E-state index contributed by atoms with van der Waals surface area (Å²) >= 11 is 0. The summed E-state index contributed by atoms with van der Waals surface area (Å²) < 4.78 is 0. The van der Waals surface area contributed by atoms with Gasteiger partial charge >= 0.3 is 0 Å². The summed E-state index contributed by atoms with van der Waals surface area (Å²) in [7, 11) is 0. The normalized spacial score (nSPS) is 53.5. The topological polar surface area (TPSA) is 74.6 Å². The summed E-state index contributed by atoms with van der Waals surface area (Å²) in [6, 6.07) is 0. The van der Waals surface area contributed by atoms with Gasteiger partial charge in [-0.2, -0.15) is 0 Å². The van der Waals surface area contributed by atoms with E-state index in [-0.39, 0.29) is 45.4 Å². The van der Waals surface area contributed by atoms with E-state index in [2.05, 4.69) is 41.5 Å².